The minimum absolute atomic E-state index is 0. The predicted molar refractivity (Wildman–Crippen MR) is 130 cm³/mol. The Balaban J connectivity index is 0.00000320. The molecular formula is C22H30FIN4O2. The van der Waals surface area contributed by atoms with Gasteiger partial charge in [-0.25, -0.2) is 4.39 Å². The molecule has 0 amide bonds. The molecule has 1 heterocycles. The Labute approximate surface area is 194 Å². The number of ether oxygens (including phenoxy) is 2. The molecule has 8 heteroatoms. The Hall–Kier alpha value is -2.23. The zero-order valence-electron chi connectivity index (χ0n) is 17.5. The standard InChI is InChI=1S/C22H29FN4O2.HI/c1-28-20-10-5-17(16-21(20)29-2)4-3-11-25-22(24)27-14-12-26(13-15-27)19-8-6-18(23)7-9-19;/h5-10,16H,3-4,11-15H2,1-2H3,(H2,24,25);1H. The van der Waals surface area contributed by atoms with Crippen LogP contribution in [0.1, 0.15) is 12.0 Å². The van der Waals surface area contributed by atoms with E-state index in [2.05, 4.69) is 14.8 Å². The fourth-order valence-electron chi connectivity index (χ4n) is 3.46. The van der Waals surface area contributed by atoms with E-state index in [0.717, 1.165) is 56.2 Å². The lowest BCUT2D eigenvalue weighted by Gasteiger charge is -2.36. The van der Waals surface area contributed by atoms with E-state index in [4.69, 9.17) is 15.2 Å². The molecule has 2 aromatic carbocycles. The van der Waals surface area contributed by atoms with E-state index < -0.39 is 0 Å². The van der Waals surface area contributed by atoms with Crippen molar-refractivity contribution in [2.24, 2.45) is 10.7 Å². The van der Waals surface area contributed by atoms with Crippen molar-refractivity contribution in [1.29, 1.82) is 0 Å². The summed E-state index contributed by atoms with van der Waals surface area (Å²) >= 11 is 0. The molecule has 0 aliphatic carbocycles. The van der Waals surface area contributed by atoms with Gasteiger partial charge in [0.15, 0.2) is 17.5 Å². The Morgan fingerprint density at radius 2 is 1.67 bits per heavy atom. The molecule has 0 radical (unpaired) electrons. The molecule has 0 saturated carbocycles. The Morgan fingerprint density at radius 3 is 2.30 bits per heavy atom. The van der Waals surface area contributed by atoms with Gasteiger partial charge in [0, 0.05) is 38.4 Å². The van der Waals surface area contributed by atoms with Crippen LogP contribution in [-0.4, -0.2) is 57.8 Å². The van der Waals surface area contributed by atoms with E-state index in [-0.39, 0.29) is 29.8 Å². The predicted octanol–water partition coefficient (Wildman–Crippen LogP) is 3.53. The zero-order valence-corrected chi connectivity index (χ0v) is 19.8. The van der Waals surface area contributed by atoms with Crippen molar-refractivity contribution in [3.8, 4) is 11.5 Å². The molecule has 0 spiro atoms. The molecule has 1 saturated heterocycles. The van der Waals surface area contributed by atoms with Crippen LogP contribution in [0.5, 0.6) is 11.5 Å². The molecule has 0 unspecified atom stereocenters. The number of hydrogen-bond donors (Lipinski definition) is 1. The summed E-state index contributed by atoms with van der Waals surface area (Å²) in [6.45, 7) is 3.98. The first-order chi connectivity index (χ1) is 14.1. The van der Waals surface area contributed by atoms with Crippen LogP contribution in [0.25, 0.3) is 0 Å². The van der Waals surface area contributed by atoms with Crippen LogP contribution < -0.4 is 20.1 Å². The molecule has 6 nitrogen and oxygen atoms in total. The summed E-state index contributed by atoms with van der Waals surface area (Å²) in [7, 11) is 3.27. The number of halogens is 2. The van der Waals surface area contributed by atoms with Gasteiger partial charge >= 0.3 is 0 Å². The Kier molecular flexibility index (Phi) is 9.48. The molecule has 3 rings (SSSR count). The summed E-state index contributed by atoms with van der Waals surface area (Å²) < 4.78 is 23.7. The van der Waals surface area contributed by atoms with Gasteiger partial charge in [-0.15, -0.1) is 24.0 Å². The number of aryl methyl sites for hydroxylation is 1. The molecular weight excluding hydrogens is 498 g/mol. The lowest BCUT2D eigenvalue weighted by atomic mass is 10.1. The molecule has 1 aliphatic rings. The highest BCUT2D eigenvalue weighted by molar-refractivity contribution is 14.0. The third-order valence-corrected chi connectivity index (χ3v) is 5.14. The van der Waals surface area contributed by atoms with Gasteiger partial charge in [-0.05, 0) is 54.8 Å². The third-order valence-electron chi connectivity index (χ3n) is 5.14. The molecule has 164 valence electrons. The van der Waals surface area contributed by atoms with Crippen molar-refractivity contribution in [2.45, 2.75) is 12.8 Å². The summed E-state index contributed by atoms with van der Waals surface area (Å²) in [6, 6.07) is 12.6. The molecule has 0 aromatic heterocycles. The van der Waals surface area contributed by atoms with Crippen LogP contribution in [0, 0.1) is 5.82 Å². The molecule has 0 bridgehead atoms. The molecule has 0 atom stereocenters. The molecule has 2 aromatic rings. The third kappa shape index (κ3) is 6.38. The fraction of sp³-hybridized carbons (Fsp3) is 0.409. The molecule has 1 aliphatic heterocycles. The summed E-state index contributed by atoms with van der Waals surface area (Å²) in [6.07, 6.45) is 1.81. The topological polar surface area (TPSA) is 63.3 Å². The minimum Gasteiger partial charge on any atom is -0.493 e. The average molecular weight is 528 g/mol. The summed E-state index contributed by atoms with van der Waals surface area (Å²) in [4.78, 5) is 8.89. The first-order valence-electron chi connectivity index (χ1n) is 9.87. The van der Waals surface area contributed by atoms with Crippen molar-refractivity contribution in [1.82, 2.24) is 4.90 Å². The van der Waals surface area contributed by atoms with Gasteiger partial charge in [0.25, 0.3) is 0 Å². The number of benzene rings is 2. The number of rotatable bonds is 7. The van der Waals surface area contributed by atoms with Gasteiger partial charge in [0.05, 0.1) is 14.2 Å². The normalized spacial score (nSPS) is 14.3. The minimum atomic E-state index is -0.211. The summed E-state index contributed by atoms with van der Waals surface area (Å²) in [5.41, 5.74) is 8.41. The van der Waals surface area contributed by atoms with Crippen LogP contribution in [0.2, 0.25) is 0 Å². The fourth-order valence-corrected chi connectivity index (χ4v) is 3.46. The lowest BCUT2D eigenvalue weighted by molar-refractivity contribution is 0.354. The number of piperazine rings is 1. The smallest absolute Gasteiger partial charge is 0.191 e. The van der Waals surface area contributed by atoms with Crippen molar-refractivity contribution in [3.05, 3.63) is 53.8 Å². The van der Waals surface area contributed by atoms with Crippen LogP contribution in [-0.2, 0) is 6.42 Å². The molecule has 30 heavy (non-hydrogen) atoms. The largest absolute Gasteiger partial charge is 0.493 e. The highest BCUT2D eigenvalue weighted by Crippen LogP contribution is 2.28. The second kappa shape index (κ2) is 11.8. The van der Waals surface area contributed by atoms with E-state index in [1.807, 2.05) is 30.3 Å². The van der Waals surface area contributed by atoms with Crippen molar-refractivity contribution in [3.63, 3.8) is 0 Å². The van der Waals surface area contributed by atoms with Crippen LogP contribution in [0.3, 0.4) is 0 Å². The van der Waals surface area contributed by atoms with Crippen LogP contribution in [0.4, 0.5) is 10.1 Å². The van der Waals surface area contributed by atoms with E-state index in [1.165, 1.54) is 17.7 Å². The SMILES string of the molecule is COc1ccc(CCCN=C(N)N2CCN(c3ccc(F)cc3)CC2)cc1OC.I. The second-order valence-corrected chi connectivity index (χ2v) is 6.98. The van der Waals surface area contributed by atoms with Crippen molar-refractivity contribution < 1.29 is 13.9 Å². The van der Waals surface area contributed by atoms with E-state index in [0.29, 0.717) is 12.5 Å². The van der Waals surface area contributed by atoms with Gasteiger partial charge in [-0.1, -0.05) is 6.07 Å². The first kappa shape index (κ1) is 24.0. The van der Waals surface area contributed by atoms with E-state index in [9.17, 15) is 4.39 Å². The summed E-state index contributed by atoms with van der Waals surface area (Å²) in [5.74, 6) is 1.86. The Morgan fingerprint density at radius 1 is 1.00 bits per heavy atom. The maximum Gasteiger partial charge on any atom is 0.191 e. The number of guanidine groups is 1. The van der Waals surface area contributed by atoms with Crippen LogP contribution >= 0.6 is 24.0 Å². The number of hydrogen-bond acceptors (Lipinski definition) is 4. The quantitative estimate of drug-likeness (QED) is 0.258. The lowest BCUT2D eigenvalue weighted by Crippen LogP contribution is -2.51. The second-order valence-electron chi connectivity index (χ2n) is 6.98. The molecule has 2 N–H and O–H groups in total. The number of anilines is 1. The van der Waals surface area contributed by atoms with Crippen molar-refractivity contribution >= 4 is 35.6 Å². The van der Waals surface area contributed by atoms with Gasteiger partial charge in [-0.3, -0.25) is 4.99 Å². The van der Waals surface area contributed by atoms with Gasteiger partial charge in [0.1, 0.15) is 5.82 Å². The Bertz CT molecular complexity index is 824. The number of aliphatic imine (C=N–C) groups is 1. The maximum absolute atomic E-state index is 13.1. The highest BCUT2D eigenvalue weighted by Gasteiger charge is 2.18. The van der Waals surface area contributed by atoms with Crippen molar-refractivity contribution in [2.75, 3.05) is 51.8 Å². The zero-order chi connectivity index (χ0) is 20.6. The first-order valence-corrected chi connectivity index (χ1v) is 9.87. The monoisotopic (exact) mass is 528 g/mol. The average Bonchev–Trinajstić information content (AvgIpc) is 2.77. The summed E-state index contributed by atoms with van der Waals surface area (Å²) in [5, 5.41) is 0. The van der Waals surface area contributed by atoms with E-state index >= 15 is 0 Å². The number of nitrogens with two attached hydrogens (primary N) is 1. The van der Waals surface area contributed by atoms with Crippen LogP contribution in [0.15, 0.2) is 47.5 Å². The van der Waals surface area contributed by atoms with Gasteiger partial charge in [0.2, 0.25) is 0 Å². The van der Waals surface area contributed by atoms with Gasteiger partial charge < -0.3 is 25.0 Å². The number of methoxy groups -OCH3 is 2. The number of nitrogens with zero attached hydrogens (tertiary/aromatic N) is 3. The maximum atomic E-state index is 13.1. The highest BCUT2D eigenvalue weighted by atomic mass is 127. The van der Waals surface area contributed by atoms with E-state index in [1.54, 1.807) is 14.2 Å². The molecule has 1 fully saturated rings. The van der Waals surface area contributed by atoms with Gasteiger partial charge in [-0.2, -0.15) is 0 Å².